The first-order valence-corrected chi connectivity index (χ1v) is 8.28. The van der Waals surface area contributed by atoms with E-state index in [0.29, 0.717) is 19.4 Å². The fourth-order valence-electron chi connectivity index (χ4n) is 1.78. The Morgan fingerprint density at radius 1 is 1.11 bits per heavy atom. The standard InChI is InChI=1S/C13H26NO3P/c1-5-10-14(11-6-2)12-9-13-18(15,16-7-3)17-8-4/h5-6H,1-2,7-13H2,3-4H3/p+1. The summed E-state index contributed by atoms with van der Waals surface area (Å²) in [7, 11) is -2.88. The van der Waals surface area contributed by atoms with E-state index in [2.05, 4.69) is 13.2 Å². The Hall–Kier alpha value is -0.250. The van der Waals surface area contributed by atoms with Crippen LogP contribution in [0, 0.1) is 0 Å². The molecule has 106 valence electrons. The monoisotopic (exact) mass is 276 g/mol. The van der Waals surface area contributed by atoms with Crippen LogP contribution in [0.4, 0.5) is 0 Å². The van der Waals surface area contributed by atoms with Crippen molar-refractivity contribution in [2.45, 2.75) is 20.3 Å². The van der Waals surface area contributed by atoms with E-state index in [-0.39, 0.29) is 0 Å². The van der Waals surface area contributed by atoms with Crippen molar-refractivity contribution >= 4 is 7.94 Å². The average molecular weight is 276 g/mol. The molecule has 0 aliphatic heterocycles. The normalized spacial score (nSPS) is 11.8. The summed E-state index contributed by atoms with van der Waals surface area (Å²) in [5.74, 6) is 0. The van der Waals surface area contributed by atoms with E-state index in [1.807, 2.05) is 26.0 Å². The van der Waals surface area contributed by atoms with Gasteiger partial charge in [0.05, 0.1) is 32.8 Å². The molecule has 0 amide bonds. The van der Waals surface area contributed by atoms with E-state index in [9.17, 15) is 4.89 Å². The third-order valence-corrected chi connectivity index (χ3v) is 4.65. The first-order chi connectivity index (χ1) is 8.61. The smallest absolute Gasteiger partial charge is 0.237 e. The molecule has 0 radical (unpaired) electrons. The summed E-state index contributed by atoms with van der Waals surface area (Å²) >= 11 is 0. The van der Waals surface area contributed by atoms with Crippen molar-refractivity contribution in [3.63, 3.8) is 0 Å². The summed E-state index contributed by atoms with van der Waals surface area (Å²) in [6.07, 6.45) is 5.08. The Morgan fingerprint density at radius 3 is 2.00 bits per heavy atom. The molecular weight excluding hydrogens is 249 g/mol. The number of hydrogen-bond acceptors (Lipinski definition) is 3. The maximum Gasteiger partial charge on any atom is 0.237 e. The average Bonchev–Trinajstić information content (AvgIpc) is 2.30. The first kappa shape index (κ1) is 17.8. The van der Waals surface area contributed by atoms with Crippen molar-refractivity contribution < 1.29 is 18.8 Å². The van der Waals surface area contributed by atoms with Crippen LogP contribution in [-0.2, 0) is 9.05 Å². The topological polar surface area (TPSA) is 46.0 Å². The molecule has 0 aromatic rings. The molecule has 0 aromatic carbocycles. The van der Waals surface area contributed by atoms with Crippen LogP contribution in [0.2, 0.25) is 0 Å². The number of nitrogens with one attached hydrogen (secondary N) is 1. The molecular formula is C13H27NO3P+. The van der Waals surface area contributed by atoms with E-state index >= 15 is 0 Å². The number of rotatable bonds is 12. The lowest BCUT2D eigenvalue weighted by Crippen LogP contribution is -3.11. The van der Waals surface area contributed by atoms with Crippen molar-refractivity contribution in [3.8, 4) is 0 Å². The Labute approximate surface area is 112 Å². The minimum atomic E-state index is -2.88. The van der Waals surface area contributed by atoms with Crippen LogP contribution >= 0.6 is 7.94 Å². The van der Waals surface area contributed by atoms with Gasteiger partial charge in [0, 0.05) is 6.42 Å². The van der Waals surface area contributed by atoms with Crippen molar-refractivity contribution in [1.82, 2.24) is 0 Å². The van der Waals surface area contributed by atoms with Crippen molar-refractivity contribution in [2.75, 3.05) is 39.0 Å². The zero-order valence-corrected chi connectivity index (χ0v) is 12.6. The fourth-order valence-corrected chi connectivity index (χ4v) is 3.44. The highest BCUT2D eigenvalue weighted by Crippen LogP contribution is 2.52. The Kier molecular flexibility index (Phi) is 10.5. The molecule has 0 rings (SSSR count). The van der Waals surface area contributed by atoms with Gasteiger partial charge in [0.1, 0.15) is 6.16 Å². The molecule has 0 heterocycles. The minimum absolute atomic E-state index is 0.424. The molecule has 0 aromatic heterocycles. The maximum atomic E-state index is 12.2. The third kappa shape index (κ3) is 7.96. The highest BCUT2D eigenvalue weighted by molar-refractivity contribution is 7.59. The molecule has 0 saturated heterocycles. The lowest BCUT2D eigenvalue weighted by Gasteiger charge is -2.27. The summed E-state index contributed by atoms with van der Waals surface area (Å²) in [5.41, 5.74) is 0. The van der Waals surface area contributed by atoms with Gasteiger partial charge < -0.3 is 9.79 Å². The van der Waals surface area contributed by atoms with Crippen LogP contribution in [0.1, 0.15) is 20.3 Å². The zero-order chi connectivity index (χ0) is 13.9. The van der Waals surface area contributed by atoms with Crippen LogP contribution in [0.15, 0.2) is 25.3 Å². The van der Waals surface area contributed by atoms with Gasteiger partial charge in [-0.1, -0.05) is 13.2 Å². The largest absolute Gasteiger partial charge is 0.631 e. The quantitative estimate of drug-likeness (QED) is 0.424. The Bertz CT molecular complexity index is 220. The highest BCUT2D eigenvalue weighted by Gasteiger charge is 2.28. The van der Waals surface area contributed by atoms with Crippen molar-refractivity contribution in [3.05, 3.63) is 25.3 Å². The van der Waals surface area contributed by atoms with Crippen LogP contribution in [0.3, 0.4) is 0 Å². The van der Waals surface area contributed by atoms with Gasteiger partial charge in [0.15, 0.2) is 0 Å². The Balaban J connectivity index is 4.08. The van der Waals surface area contributed by atoms with Crippen molar-refractivity contribution in [2.24, 2.45) is 0 Å². The predicted molar refractivity (Wildman–Crippen MR) is 75.6 cm³/mol. The molecule has 0 aliphatic carbocycles. The molecule has 5 heteroatoms. The lowest BCUT2D eigenvalue weighted by atomic mass is 10.4. The van der Waals surface area contributed by atoms with Crippen LogP contribution in [0.5, 0.6) is 0 Å². The van der Waals surface area contributed by atoms with Gasteiger partial charge in [0.2, 0.25) is 7.94 Å². The molecule has 0 saturated carbocycles. The molecule has 0 spiro atoms. The van der Waals surface area contributed by atoms with Crippen molar-refractivity contribution in [1.29, 1.82) is 0 Å². The second-order valence-corrected chi connectivity index (χ2v) is 6.19. The van der Waals surface area contributed by atoms with Gasteiger partial charge in [0.25, 0.3) is 0 Å². The summed E-state index contributed by atoms with van der Waals surface area (Å²) in [5, 5.41) is 0. The van der Waals surface area contributed by atoms with E-state index in [1.165, 1.54) is 4.90 Å². The van der Waals surface area contributed by atoms with E-state index in [0.717, 1.165) is 26.1 Å². The minimum Gasteiger partial charge on any atom is -0.631 e. The van der Waals surface area contributed by atoms with Gasteiger partial charge in [-0.2, -0.15) is 0 Å². The number of quaternary nitrogens is 1. The van der Waals surface area contributed by atoms with Crippen LogP contribution in [0.25, 0.3) is 0 Å². The fraction of sp³-hybridized carbons (Fsp3) is 0.692. The zero-order valence-electron chi connectivity index (χ0n) is 11.7. The summed E-state index contributed by atoms with van der Waals surface area (Å²) in [6.45, 7) is 14.7. The molecule has 0 atom stereocenters. The van der Waals surface area contributed by atoms with Gasteiger partial charge >= 0.3 is 0 Å². The van der Waals surface area contributed by atoms with Gasteiger partial charge in [-0.25, -0.2) is 9.05 Å². The SMILES string of the molecule is C=CC[NH+](CC=C)CCC[P+]([O-])(OCC)OCC. The predicted octanol–water partition coefficient (Wildman–Crippen LogP) is 0.829. The highest BCUT2D eigenvalue weighted by atomic mass is 31.2. The molecule has 1 N–H and O–H groups in total. The third-order valence-electron chi connectivity index (χ3n) is 2.48. The molecule has 0 unspecified atom stereocenters. The van der Waals surface area contributed by atoms with Gasteiger partial charge in [-0.15, -0.1) is 0 Å². The van der Waals surface area contributed by atoms with Crippen LogP contribution in [-0.4, -0.2) is 39.0 Å². The van der Waals surface area contributed by atoms with E-state index in [4.69, 9.17) is 9.05 Å². The second-order valence-electron chi connectivity index (χ2n) is 4.01. The van der Waals surface area contributed by atoms with Crippen LogP contribution < -0.4 is 9.79 Å². The summed E-state index contributed by atoms with van der Waals surface area (Å²) < 4.78 is 10.5. The molecule has 0 bridgehead atoms. The molecule has 0 aliphatic rings. The number of hydrogen-bond donors (Lipinski definition) is 1. The molecule has 0 fully saturated rings. The Morgan fingerprint density at radius 2 is 1.61 bits per heavy atom. The first-order valence-electron chi connectivity index (χ1n) is 6.55. The second kappa shape index (κ2) is 10.7. The van der Waals surface area contributed by atoms with E-state index < -0.39 is 7.94 Å². The van der Waals surface area contributed by atoms with Gasteiger partial charge in [-0.05, 0) is 26.0 Å². The summed E-state index contributed by atoms with van der Waals surface area (Å²) in [4.78, 5) is 13.6. The maximum absolute atomic E-state index is 12.2. The molecule has 4 nitrogen and oxygen atoms in total. The summed E-state index contributed by atoms with van der Waals surface area (Å²) in [6, 6.07) is 0. The van der Waals surface area contributed by atoms with E-state index in [1.54, 1.807) is 0 Å². The van der Waals surface area contributed by atoms with Gasteiger partial charge in [-0.3, -0.25) is 0 Å². The molecule has 18 heavy (non-hydrogen) atoms. The lowest BCUT2D eigenvalue weighted by molar-refractivity contribution is -0.888.